The highest BCUT2D eigenvalue weighted by Gasteiger charge is 2.49. The summed E-state index contributed by atoms with van der Waals surface area (Å²) < 4.78 is 13.1. The topological polar surface area (TPSA) is 18.5 Å². The van der Waals surface area contributed by atoms with Crippen molar-refractivity contribution in [3.8, 4) is 0 Å². The molecule has 2 aliphatic heterocycles. The molecule has 2 bridgehead atoms. The molecule has 0 amide bonds. The zero-order chi connectivity index (χ0) is 15.3. The van der Waals surface area contributed by atoms with Gasteiger partial charge in [0.05, 0.1) is 11.7 Å². The quantitative estimate of drug-likeness (QED) is 0.536. The van der Waals surface area contributed by atoms with Crippen LogP contribution >= 0.6 is 0 Å². The first-order chi connectivity index (χ1) is 9.74. The Kier molecular flexibility index (Phi) is 3.91. The van der Waals surface area contributed by atoms with E-state index in [4.69, 9.17) is 9.16 Å². The van der Waals surface area contributed by atoms with Crippen LogP contribution in [0.3, 0.4) is 0 Å². The van der Waals surface area contributed by atoms with Crippen LogP contribution in [0.2, 0.25) is 18.1 Å². The maximum absolute atomic E-state index is 6.56. The van der Waals surface area contributed by atoms with E-state index < -0.39 is 8.32 Å². The zero-order valence-corrected chi connectivity index (χ0v) is 15.5. The van der Waals surface area contributed by atoms with Crippen LogP contribution < -0.4 is 0 Å². The van der Waals surface area contributed by atoms with E-state index in [0.717, 1.165) is 6.61 Å². The molecule has 0 aromatic rings. The van der Waals surface area contributed by atoms with Crippen LogP contribution in [0.15, 0.2) is 11.6 Å². The smallest absolute Gasteiger partial charge is 0.191 e. The molecule has 0 radical (unpaired) electrons. The van der Waals surface area contributed by atoms with E-state index in [9.17, 15) is 0 Å². The highest BCUT2D eigenvalue weighted by molar-refractivity contribution is 6.74. The van der Waals surface area contributed by atoms with Gasteiger partial charge in [-0.05, 0) is 62.2 Å². The SMILES string of the molecule is CC(C)(C)[Si](C)(C)OC[C@@H]1CCC2=CCC[C@]23CC[C@H]1O3. The lowest BCUT2D eigenvalue weighted by Crippen LogP contribution is -2.43. The van der Waals surface area contributed by atoms with E-state index in [1.165, 1.54) is 38.5 Å². The van der Waals surface area contributed by atoms with Gasteiger partial charge in [-0.15, -0.1) is 0 Å². The zero-order valence-electron chi connectivity index (χ0n) is 14.5. The normalized spacial score (nSPS) is 36.3. The molecule has 0 aromatic heterocycles. The molecule has 0 unspecified atom stereocenters. The molecule has 1 spiro atoms. The van der Waals surface area contributed by atoms with Crippen LogP contribution in [0.1, 0.15) is 59.3 Å². The first-order valence-corrected chi connectivity index (χ1v) is 11.7. The predicted molar refractivity (Wildman–Crippen MR) is 90.0 cm³/mol. The van der Waals surface area contributed by atoms with Crippen LogP contribution in [-0.2, 0) is 9.16 Å². The van der Waals surface area contributed by atoms with E-state index in [1.807, 2.05) is 0 Å². The van der Waals surface area contributed by atoms with Gasteiger partial charge in [0.2, 0.25) is 0 Å². The lowest BCUT2D eigenvalue weighted by atomic mass is 9.84. The maximum atomic E-state index is 6.56. The monoisotopic (exact) mass is 308 g/mol. The lowest BCUT2D eigenvalue weighted by Gasteiger charge is -2.38. The van der Waals surface area contributed by atoms with Crippen LogP contribution in [0.25, 0.3) is 0 Å². The first kappa shape index (κ1) is 15.8. The van der Waals surface area contributed by atoms with Crippen LogP contribution in [0.5, 0.6) is 0 Å². The summed E-state index contributed by atoms with van der Waals surface area (Å²) in [5.74, 6) is 0.602. The van der Waals surface area contributed by atoms with Crippen molar-refractivity contribution >= 4 is 8.32 Å². The summed E-state index contributed by atoms with van der Waals surface area (Å²) >= 11 is 0. The van der Waals surface area contributed by atoms with Crippen molar-refractivity contribution in [2.45, 2.75) is 89.1 Å². The number of ether oxygens (including phenoxy) is 1. The van der Waals surface area contributed by atoms with Crippen LogP contribution in [0, 0.1) is 5.92 Å². The number of fused-ring (bicyclic) bond motifs is 1. The second-order valence-corrected chi connectivity index (χ2v) is 13.6. The molecular weight excluding hydrogens is 276 g/mol. The van der Waals surface area contributed by atoms with E-state index in [1.54, 1.807) is 5.57 Å². The van der Waals surface area contributed by atoms with Gasteiger partial charge in [0.15, 0.2) is 8.32 Å². The van der Waals surface area contributed by atoms with E-state index >= 15 is 0 Å². The van der Waals surface area contributed by atoms with E-state index in [-0.39, 0.29) is 5.60 Å². The van der Waals surface area contributed by atoms with Gasteiger partial charge in [0.1, 0.15) is 0 Å². The Labute approximate surface area is 131 Å². The predicted octanol–water partition coefficient (Wildman–Crippen LogP) is 5.06. The Morgan fingerprint density at radius 3 is 2.76 bits per heavy atom. The van der Waals surface area contributed by atoms with Gasteiger partial charge in [0.25, 0.3) is 0 Å². The summed E-state index contributed by atoms with van der Waals surface area (Å²) in [7, 11) is -1.63. The molecule has 3 heteroatoms. The van der Waals surface area contributed by atoms with Crippen molar-refractivity contribution in [2.24, 2.45) is 5.92 Å². The minimum Gasteiger partial charge on any atom is -0.416 e. The van der Waals surface area contributed by atoms with Crippen molar-refractivity contribution in [2.75, 3.05) is 6.61 Å². The Hall–Kier alpha value is -0.123. The summed E-state index contributed by atoms with van der Waals surface area (Å²) in [6.45, 7) is 12.6. The van der Waals surface area contributed by atoms with Crippen molar-refractivity contribution in [3.05, 3.63) is 11.6 Å². The molecule has 0 saturated carbocycles. The van der Waals surface area contributed by atoms with Crippen LogP contribution in [-0.4, -0.2) is 26.6 Å². The molecule has 21 heavy (non-hydrogen) atoms. The van der Waals surface area contributed by atoms with Gasteiger partial charge in [-0.1, -0.05) is 26.8 Å². The molecule has 1 aliphatic carbocycles. The highest BCUT2D eigenvalue weighted by Crippen LogP contribution is 2.51. The molecule has 2 saturated heterocycles. The summed E-state index contributed by atoms with van der Waals surface area (Å²) in [5, 5.41) is 0.300. The van der Waals surface area contributed by atoms with Gasteiger partial charge >= 0.3 is 0 Å². The van der Waals surface area contributed by atoms with Gasteiger partial charge in [-0.3, -0.25) is 0 Å². The number of rotatable bonds is 3. The molecule has 3 aliphatic rings. The minimum absolute atomic E-state index is 0.149. The summed E-state index contributed by atoms with van der Waals surface area (Å²) in [6.07, 6.45) is 10.3. The van der Waals surface area contributed by atoms with Gasteiger partial charge in [0, 0.05) is 12.5 Å². The van der Waals surface area contributed by atoms with Crippen molar-refractivity contribution < 1.29 is 9.16 Å². The highest BCUT2D eigenvalue weighted by atomic mass is 28.4. The van der Waals surface area contributed by atoms with Gasteiger partial charge in [-0.2, -0.15) is 0 Å². The van der Waals surface area contributed by atoms with Crippen LogP contribution in [0.4, 0.5) is 0 Å². The Balaban J connectivity index is 1.65. The van der Waals surface area contributed by atoms with E-state index in [2.05, 4.69) is 39.9 Å². The third-order valence-corrected chi connectivity index (χ3v) is 11.0. The summed E-state index contributed by atoms with van der Waals surface area (Å²) in [6, 6.07) is 0. The Bertz CT molecular complexity index is 435. The molecule has 2 heterocycles. The number of hydrogen-bond acceptors (Lipinski definition) is 2. The summed E-state index contributed by atoms with van der Waals surface area (Å²) in [4.78, 5) is 0. The molecule has 2 fully saturated rings. The standard InChI is InChI=1S/C18H32O2Si/c1-17(2,3)21(4,5)19-13-14-8-9-15-7-6-11-18(15)12-10-16(14)20-18/h7,14,16H,6,8-13H2,1-5H3/t14-,16+,18-/m0/s1. The molecule has 120 valence electrons. The third kappa shape index (κ3) is 2.77. The molecule has 0 aromatic carbocycles. The maximum Gasteiger partial charge on any atom is 0.191 e. The van der Waals surface area contributed by atoms with Crippen molar-refractivity contribution in [3.63, 3.8) is 0 Å². The van der Waals surface area contributed by atoms with Crippen molar-refractivity contribution in [1.29, 1.82) is 0 Å². The molecule has 3 atom stereocenters. The lowest BCUT2D eigenvalue weighted by molar-refractivity contribution is -0.0390. The number of allylic oxidation sites excluding steroid dienone is 1. The second-order valence-electron chi connectivity index (χ2n) is 8.83. The fourth-order valence-electron chi connectivity index (χ4n) is 3.94. The minimum atomic E-state index is -1.63. The molecule has 3 rings (SSSR count). The second kappa shape index (κ2) is 5.21. The Morgan fingerprint density at radius 2 is 2.05 bits per heavy atom. The third-order valence-electron chi connectivity index (χ3n) is 6.51. The number of hydrogen-bond donors (Lipinski definition) is 0. The van der Waals surface area contributed by atoms with Crippen molar-refractivity contribution in [1.82, 2.24) is 0 Å². The largest absolute Gasteiger partial charge is 0.416 e. The average Bonchev–Trinajstić information content (AvgIpc) is 2.93. The Morgan fingerprint density at radius 1 is 1.29 bits per heavy atom. The van der Waals surface area contributed by atoms with Gasteiger partial charge < -0.3 is 9.16 Å². The molecular formula is C18H32O2Si. The first-order valence-electron chi connectivity index (χ1n) is 8.75. The summed E-state index contributed by atoms with van der Waals surface area (Å²) in [5.41, 5.74) is 1.76. The van der Waals surface area contributed by atoms with Gasteiger partial charge in [-0.25, -0.2) is 0 Å². The van der Waals surface area contributed by atoms with E-state index in [0.29, 0.717) is 17.1 Å². The molecule has 0 N–H and O–H groups in total. The fourth-order valence-corrected chi connectivity index (χ4v) is 5.00. The average molecular weight is 309 g/mol. The fraction of sp³-hybridized carbons (Fsp3) is 0.889. The molecule has 2 nitrogen and oxygen atoms in total.